The van der Waals surface area contributed by atoms with Crippen LogP contribution < -0.4 is 15.6 Å². The Morgan fingerprint density at radius 3 is 1.19 bits per heavy atom. The summed E-state index contributed by atoms with van der Waals surface area (Å²) in [5.41, 5.74) is 13.3. The van der Waals surface area contributed by atoms with Crippen LogP contribution in [0.4, 0.5) is 0 Å². The van der Waals surface area contributed by atoms with Crippen LogP contribution in [0, 0.1) is 0 Å². The van der Waals surface area contributed by atoms with E-state index in [0.29, 0.717) is 8.20 Å². The average Bonchev–Trinajstić information content (AvgIpc) is 3.10. The smallest absolute Gasteiger partial charge is 0.201 e. The van der Waals surface area contributed by atoms with Gasteiger partial charge in [0.1, 0.15) is 8.20 Å². The minimum Gasteiger partial charge on any atom is -0.201 e. The highest BCUT2D eigenvalue weighted by molar-refractivity contribution is 7.51. The van der Waals surface area contributed by atoms with Crippen molar-refractivity contribution in [1.82, 2.24) is 0 Å². The molecule has 0 amide bonds. The summed E-state index contributed by atoms with van der Waals surface area (Å²) >= 11 is 0. The van der Waals surface area contributed by atoms with Crippen molar-refractivity contribution in [2.24, 2.45) is 0 Å². The van der Waals surface area contributed by atoms with Crippen molar-refractivity contribution in [3.63, 3.8) is 0 Å². The summed E-state index contributed by atoms with van der Waals surface area (Å²) in [7, 11) is 1.65. The Bertz CT molecular complexity index is 2070. The van der Waals surface area contributed by atoms with E-state index in [0.717, 1.165) is 5.69 Å². The molecular formula is C55H73NP2+2. The van der Waals surface area contributed by atoms with Crippen LogP contribution in [-0.2, 0) is 32.5 Å². The predicted octanol–water partition coefficient (Wildman–Crippen LogP) is 13.7. The van der Waals surface area contributed by atoms with E-state index in [2.05, 4.69) is 233 Å². The molecule has 0 bridgehead atoms. The lowest BCUT2D eigenvalue weighted by molar-refractivity contribution is -0.381. The Kier molecular flexibility index (Phi) is 12.9. The van der Waals surface area contributed by atoms with Gasteiger partial charge in [-0.1, -0.05) is 218 Å². The van der Waals surface area contributed by atoms with Gasteiger partial charge in [-0.2, -0.15) is 0 Å². The first-order chi connectivity index (χ1) is 26.6. The van der Waals surface area contributed by atoms with E-state index in [9.17, 15) is 0 Å². The first kappa shape index (κ1) is 45.5. The van der Waals surface area contributed by atoms with Gasteiger partial charge in [-0.3, -0.25) is 0 Å². The van der Waals surface area contributed by atoms with Gasteiger partial charge in [-0.05, 0) is 66.4 Å². The average molecular weight is 810 g/mol. The summed E-state index contributed by atoms with van der Waals surface area (Å²) in [5.74, 6) is 0. The molecule has 0 fully saturated rings. The normalized spacial score (nSPS) is 13.9. The van der Waals surface area contributed by atoms with Gasteiger partial charge < -0.3 is 0 Å². The molecule has 0 spiro atoms. The Morgan fingerprint density at radius 2 is 0.793 bits per heavy atom. The minimum atomic E-state index is -0.0373. The quantitative estimate of drug-likeness (QED) is 0.152. The molecular weight excluding hydrogens is 737 g/mol. The van der Waals surface area contributed by atoms with E-state index < -0.39 is 0 Å². The second kappa shape index (κ2) is 16.4. The predicted molar refractivity (Wildman–Crippen MR) is 262 cm³/mol. The van der Waals surface area contributed by atoms with Crippen molar-refractivity contribution in [3.8, 4) is 0 Å². The fraction of sp³-hybridized carbons (Fsp3) is 0.436. The van der Waals surface area contributed by atoms with Crippen molar-refractivity contribution in [3.05, 3.63) is 159 Å². The number of H-pyrrole nitrogens is 1. The number of benzene rings is 4. The maximum absolute atomic E-state index is 4.11. The summed E-state index contributed by atoms with van der Waals surface area (Å²) < 4.78 is 0. The zero-order chi connectivity index (χ0) is 43.2. The number of hydrogen-bond donors (Lipinski definition) is 0. The molecule has 0 saturated carbocycles. The summed E-state index contributed by atoms with van der Waals surface area (Å²) in [6, 6.07) is 39.1. The fourth-order valence-corrected chi connectivity index (χ4v) is 11.3. The molecule has 1 aromatic heterocycles. The van der Waals surface area contributed by atoms with Gasteiger partial charge >= 0.3 is 0 Å². The third kappa shape index (κ3) is 10.6. The molecule has 1 atom stereocenters. The van der Waals surface area contributed by atoms with E-state index in [-0.39, 0.29) is 32.5 Å². The van der Waals surface area contributed by atoms with Crippen LogP contribution >= 0.6 is 16.4 Å². The molecule has 1 unspecified atom stereocenters. The highest BCUT2D eigenvalue weighted by Gasteiger charge is 2.35. The van der Waals surface area contributed by atoms with Crippen molar-refractivity contribution < 1.29 is 4.98 Å². The first-order valence-corrected chi connectivity index (χ1v) is 23.2. The molecule has 5 aromatic rings. The number of nitrogens with one attached hydrogen (secondary N) is 1. The monoisotopic (exact) mass is 810 g/mol. The molecule has 0 aliphatic rings. The van der Waals surface area contributed by atoms with Crippen LogP contribution in [0.3, 0.4) is 0 Å². The van der Waals surface area contributed by atoms with Crippen molar-refractivity contribution in [1.29, 1.82) is 0 Å². The fourth-order valence-electron chi connectivity index (χ4n) is 7.49. The van der Waals surface area contributed by atoms with Crippen LogP contribution in [0.25, 0.3) is 0 Å². The molecule has 0 aliphatic carbocycles. The Hall–Kier alpha value is -3.63. The second-order valence-electron chi connectivity index (χ2n) is 22.5. The summed E-state index contributed by atoms with van der Waals surface area (Å²) in [4.78, 5) is 4.11. The Labute approximate surface area is 357 Å². The van der Waals surface area contributed by atoms with E-state index in [1.165, 1.54) is 79.6 Å². The number of hydrogen-bond acceptors (Lipinski definition) is 0. The molecule has 0 aliphatic heterocycles. The lowest BCUT2D eigenvalue weighted by Gasteiger charge is -2.32. The number of rotatable bonds is 6. The molecule has 306 valence electrons. The van der Waals surface area contributed by atoms with Crippen LogP contribution in [0.5, 0.6) is 0 Å². The molecule has 1 N–H and O–H groups in total. The van der Waals surface area contributed by atoms with E-state index in [4.69, 9.17) is 0 Å². The first-order valence-electron chi connectivity index (χ1n) is 21.3. The highest BCUT2D eigenvalue weighted by Crippen LogP contribution is 2.38. The van der Waals surface area contributed by atoms with Crippen LogP contribution in [0.1, 0.15) is 181 Å². The van der Waals surface area contributed by atoms with Crippen molar-refractivity contribution in [2.75, 3.05) is 0 Å². The number of aromatic nitrogens is 1. The largest absolute Gasteiger partial charge is 0.254 e. The summed E-state index contributed by atoms with van der Waals surface area (Å²) in [6.45, 7) is 42.6. The van der Waals surface area contributed by atoms with Crippen molar-refractivity contribution in [2.45, 2.75) is 157 Å². The maximum atomic E-state index is 4.11. The van der Waals surface area contributed by atoms with Gasteiger partial charge in [0, 0.05) is 34.1 Å². The third-order valence-electron chi connectivity index (χ3n) is 11.1. The van der Waals surface area contributed by atoms with Gasteiger partial charge in [0.25, 0.3) is 5.69 Å². The van der Waals surface area contributed by atoms with Crippen LogP contribution in [-0.4, -0.2) is 10.6 Å². The van der Waals surface area contributed by atoms with Gasteiger partial charge in [0.05, 0.1) is 5.29 Å². The molecule has 4 aromatic carbocycles. The standard InChI is InChI=1S/C55H71NP2/c1-50(2,3)38-32-40(52(7,8)9)48(41(33-38)53(10,11)12)57-46(36-26-21-19-22-27-36)44-30-25-31-45(56-44)47(37-28-23-20-24-29-37)58-49-42(54(13,14)15)34-39(51(4,5)6)35-43(49)55(16,17)18/h19-35H,1-18H3/p+2. The summed E-state index contributed by atoms with van der Waals surface area (Å²) in [5, 5.41) is 5.52. The topological polar surface area (TPSA) is 14.1 Å². The molecule has 1 nitrogen and oxygen atoms in total. The van der Waals surface area contributed by atoms with E-state index >= 15 is 0 Å². The third-order valence-corrected chi connectivity index (χ3v) is 14.1. The van der Waals surface area contributed by atoms with E-state index in [1.807, 2.05) is 0 Å². The number of aromatic amines is 1. The van der Waals surface area contributed by atoms with Crippen molar-refractivity contribution >= 4 is 37.6 Å². The second-order valence-corrected chi connectivity index (χ2v) is 24.9. The van der Waals surface area contributed by atoms with Gasteiger partial charge in [-0.15, -0.1) is 0 Å². The lowest BCUT2D eigenvalue weighted by Crippen LogP contribution is -2.31. The van der Waals surface area contributed by atoms with E-state index in [1.54, 1.807) is 0 Å². The molecule has 5 rings (SSSR count). The molecule has 3 heteroatoms. The van der Waals surface area contributed by atoms with Crippen LogP contribution in [0.15, 0.2) is 103 Å². The van der Waals surface area contributed by atoms with Crippen LogP contribution in [0.2, 0.25) is 0 Å². The highest BCUT2D eigenvalue weighted by atomic mass is 31.1. The molecule has 58 heavy (non-hydrogen) atoms. The maximum Gasteiger partial charge on any atom is 0.254 e. The van der Waals surface area contributed by atoms with Gasteiger partial charge in [0.15, 0.2) is 5.30 Å². The number of pyridine rings is 1. The molecule has 0 radical (unpaired) electrons. The summed E-state index contributed by atoms with van der Waals surface area (Å²) in [6.07, 6.45) is 0. The Morgan fingerprint density at radius 1 is 0.414 bits per heavy atom. The lowest BCUT2D eigenvalue weighted by atomic mass is 9.75. The molecule has 1 heterocycles. The molecule has 0 saturated heterocycles. The minimum absolute atomic E-state index is 0.0256. The van der Waals surface area contributed by atoms with Gasteiger partial charge in [0.2, 0.25) is 11.0 Å². The zero-order valence-corrected chi connectivity index (χ0v) is 41.2. The zero-order valence-electron chi connectivity index (χ0n) is 39.3. The van der Waals surface area contributed by atoms with Gasteiger partial charge in [-0.25, -0.2) is 4.98 Å². The Balaban J connectivity index is 1.90. The SMILES string of the molecule is CC(C)(C)c1cc(C(C)(C)C)c(P=C(c2ccccc2)c2cccc(C(=[PH+]c3c(C(C)(C)C)cc(C(C)(C)C)cc3C(C)(C)C)c3ccccc3)[nH+]2)c(C(C)(C)C)c1.